The normalized spacial score (nSPS) is 20.7. The zero-order valence-electron chi connectivity index (χ0n) is 15.3. The first-order valence-electron chi connectivity index (χ1n) is 9.70. The van der Waals surface area contributed by atoms with Gasteiger partial charge >= 0.3 is 0 Å². The van der Waals surface area contributed by atoms with E-state index in [0.29, 0.717) is 5.92 Å². The van der Waals surface area contributed by atoms with E-state index in [0.717, 1.165) is 61.9 Å². The van der Waals surface area contributed by atoms with Gasteiger partial charge in [-0.15, -0.1) is 0 Å². The number of para-hydroxylation sites is 1. The van der Waals surface area contributed by atoms with Gasteiger partial charge in [-0.2, -0.15) is 0 Å². The fraction of sp³-hybridized carbons (Fsp3) is 0.381. The summed E-state index contributed by atoms with van der Waals surface area (Å²) in [4.78, 5) is 18.8. The molecule has 6 heteroatoms. The van der Waals surface area contributed by atoms with E-state index in [2.05, 4.69) is 44.0 Å². The minimum absolute atomic E-state index is 0.230. The number of aromatic nitrogens is 3. The Morgan fingerprint density at radius 2 is 1.78 bits per heavy atom. The molecule has 2 N–H and O–H groups in total. The largest absolute Gasteiger partial charge is 0.355 e. The quantitative estimate of drug-likeness (QED) is 0.774. The smallest absolute Gasteiger partial charge is 0.150 e. The van der Waals surface area contributed by atoms with Crippen LogP contribution < -0.4 is 15.5 Å². The number of rotatable bonds is 3. The van der Waals surface area contributed by atoms with E-state index in [-0.39, 0.29) is 6.04 Å². The molecule has 2 saturated heterocycles. The molecule has 6 nitrogen and oxygen atoms in total. The monoisotopic (exact) mass is 360 g/mol. The molecular formula is C21H24N6. The first kappa shape index (κ1) is 16.4. The van der Waals surface area contributed by atoms with E-state index in [1.807, 2.05) is 12.1 Å². The van der Waals surface area contributed by atoms with Crippen LogP contribution in [-0.4, -0.2) is 47.2 Å². The molecule has 138 valence electrons. The van der Waals surface area contributed by atoms with Gasteiger partial charge in [0, 0.05) is 55.9 Å². The molecule has 4 heterocycles. The van der Waals surface area contributed by atoms with Gasteiger partial charge < -0.3 is 15.5 Å². The number of nitrogens with two attached hydrogens (primary N) is 1. The number of hydrogen-bond donors (Lipinski definition) is 1. The van der Waals surface area contributed by atoms with Gasteiger partial charge in [0.1, 0.15) is 5.82 Å². The van der Waals surface area contributed by atoms with Crippen molar-refractivity contribution in [2.45, 2.75) is 24.8 Å². The fourth-order valence-corrected chi connectivity index (χ4v) is 4.15. The summed E-state index contributed by atoms with van der Waals surface area (Å²) in [5.41, 5.74) is 8.32. The summed E-state index contributed by atoms with van der Waals surface area (Å²) in [6, 6.07) is 12.7. The number of hydrogen-bond acceptors (Lipinski definition) is 6. The highest BCUT2D eigenvalue weighted by molar-refractivity contribution is 5.80. The number of fused-ring (bicyclic) bond motifs is 1. The molecular weight excluding hydrogens is 336 g/mol. The van der Waals surface area contributed by atoms with Crippen LogP contribution in [0.3, 0.4) is 0 Å². The van der Waals surface area contributed by atoms with Crippen molar-refractivity contribution in [3.63, 3.8) is 0 Å². The lowest BCUT2D eigenvalue weighted by atomic mass is 9.94. The lowest BCUT2D eigenvalue weighted by Crippen LogP contribution is -2.48. The lowest BCUT2D eigenvalue weighted by Gasteiger charge is -2.41. The van der Waals surface area contributed by atoms with E-state index in [1.54, 1.807) is 12.4 Å². The number of benzene rings is 1. The van der Waals surface area contributed by atoms with Gasteiger partial charge in [0.05, 0.1) is 11.2 Å². The van der Waals surface area contributed by atoms with Crippen LogP contribution in [0.25, 0.3) is 10.9 Å². The molecule has 0 amide bonds. The van der Waals surface area contributed by atoms with E-state index in [4.69, 9.17) is 10.7 Å². The van der Waals surface area contributed by atoms with Crippen molar-refractivity contribution < 1.29 is 0 Å². The first-order valence-corrected chi connectivity index (χ1v) is 9.70. The van der Waals surface area contributed by atoms with Crippen molar-refractivity contribution in [2.75, 3.05) is 36.0 Å². The van der Waals surface area contributed by atoms with Crippen LogP contribution in [0.4, 0.5) is 11.6 Å². The van der Waals surface area contributed by atoms with E-state index < -0.39 is 0 Å². The maximum absolute atomic E-state index is 6.17. The maximum Gasteiger partial charge on any atom is 0.150 e. The van der Waals surface area contributed by atoms with Gasteiger partial charge in [-0.1, -0.05) is 18.2 Å². The molecule has 2 aliphatic rings. The lowest BCUT2D eigenvalue weighted by molar-refractivity contribution is 0.484. The molecule has 5 rings (SSSR count). The standard InChI is InChI=1S/C21H24N6/c22-17-5-3-11-26(14-17)21-20(23-9-10-24-21)16-12-27(13-16)19-8-7-15-4-1-2-6-18(15)25-19/h1-2,4,6-10,16-17H,3,5,11-14,22H2/t17-/m0/s1. The van der Waals surface area contributed by atoms with Crippen molar-refractivity contribution >= 4 is 22.5 Å². The van der Waals surface area contributed by atoms with Gasteiger partial charge in [0.2, 0.25) is 0 Å². The minimum Gasteiger partial charge on any atom is -0.355 e. The summed E-state index contributed by atoms with van der Waals surface area (Å²) in [5, 5.41) is 1.18. The molecule has 3 aromatic rings. The molecule has 0 aliphatic carbocycles. The van der Waals surface area contributed by atoms with Gasteiger partial charge in [-0.05, 0) is 31.0 Å². The third-order valence-corrected chi connectivity index (χ3v) is 5.64. The van der Waals surface area contributed by atoms with Crippen LogP contribution in [0.5, 0.6) is 0 Å². The Balaban J connectivity index is 1.34. The summed E-state index contributed by atoms with van der Waals surface area (Å²) >= 11 is 0. The van der Waals surface area contributed by atoms with Crippen LogP contribution in [0.2, 0.25) is 0 Å². The molecule has 2 aromatic heterocycles. The van der Waals surface area contributed by atoms with Crippen LogP contribution in [-0.2, 0) is 0 Å². The molecule has 0 saturated carbocycles. The van der Waals surface area contributed by atoms with Crippen molar-refractivity contribution in [1.29, 1.82) is 0 Å². The average Bonchev–Trinajstić information content (AvgIpc) is 2.67. The Hall–Kier alpha value is -2.73. The first-order chi connectivity index (χ1) is 13.3. The van der Waals surface area contributed by atoms with Crippen molar-refractivity contribution in [2.24, 2.45) is 5.73 Å². The third-order valence-electron chi connectivity index (χ3n) is 5.64. The SMILES string of the molecule is N[C@H]1CCCN(c2nccnc2C2CN(c3ccc4ccccc4n3)C2)C1. The zero-order chi connectivity index (χ0) is 18.2. The zero-order valence-corrected chi connectivity index (χ0v) is 15.3. The summed E-state index contributed by atoms with van der Waals surface area (Å²) in [7, 11) is 0. The van der Waals surface area contributed by atoms with Gasteiger partial charge in [-0.25, -0.2) is 9.97 Å². The molecule has 0 unspecified atom stereocenters. The predicted octanol–water partition coefficient (Wildman–Crippen LogP) is 2.56. The topological polar surface area (TPSA) is 71.2 Å². The van der Waals surface area contributed by atoms with E-state index in [9.17, 15) is 0 Å². The summed E-state index contributed by atoms with van der Waals surface area (Å²) < 4.78 is 0. The second kappa shape index (κ2) is 6.78. The Labute approximate surface area is 159 Å². The van der Waals surface area contributed by atoms with Crippen LogP contribution in [0.15, 0.2) is 48.8 Å². The average molecular weight is 360 g/mol. The number of piperidine rings is 1. The summed E-state index contributed by atoms with van der Waals surface area (Å²) in [5.74, 6) is 2.44. The molecule has 0 spiro atoms. The maximum atomic E-state index is 6.17. The number of nitrogens with zero attached hydrogens (tertiary/aromatic N) is 5. The second-order valence-corrected chi connectivity index (χ2v) is 7.58. The highest BCUT2D eigenvalue weighted by Crippen LogP contribution is 2.34. The Bertz CT molecular complexity index is 952. The fourth-order valence-electron chi connectivity index (χ4n) is 4.15. The molecule has 0 radical (unpaired) electrons. The molecule has 1 atom stereocenters. The summed E-state index contributed by atoms with van der Waals surface area (Å²) in [6.45, 7) is 3.74. The van der Waals surface area contributed by atoms with Crippen LogP contribution >= 0.6 is 0 Å². The second-order valence-electron chi connectivity index (χ2n) is 7.58. The molecule has 2 aliphatic heterocycles. The minimum atomic E-state index is 0.230. The van der Waals surface area contributed by atoms with Gasteiger partial charge in [0.25, 0.3) is 0 Å². The van der Waals surface area contributed by atoms with Crippen molar-refractivity contribution in [3.05, 3.63) is 54.5 Å². The van der Waals surface area contributed by atoms with Crippen molar-refractivity contribution in [1.82, 2.24) is 15.0 Å². The number of anilines is 2. The van der Waals surface area contributed by atoms with Crippen molar-refractivity contribution in [3.8, 4) is 0 Å². The summed E-state index contributed by atoms with van der Waals surface area (Å²) in [6.07, 6.45) is 5.81. The predicted molar refractivity (Wildman–Crippen MR) is 108 cm³/mol. The van der Waals surface area contributed by atoms with Crippen LogP contribution in [0, 0.1) is 0 Å². The van der Waals surface area contributed by atoms with Gasteiger partial charge in [0.15, 0.2) is 5.82 Å². The van der Waals surface area contributed by atoms with E-state index >= 15 is 0 Å². The molecule has 0 bridgehead atoms. The van der Waals surface area contributed by atoms with Crippen LogP contribution in [0.1, 0.15) is 24.5 Å². The Kier molecular flexibility index (Phi) is 4.13. The Morgan fingerprint density at radius 3 is 2.67 bits per heavy atom. The number of pyridine rings is 1. The third kappa shape index (κ3) is 3.10. The molecule has 2 fully saturated rings. The molecule has 27 heavy (non-hydrogen) atoms. The van der Waals surface area contributed by atoms with E-state index in [1.165, 1.54) is 5.39 Å². The highest BCUT2D eigenvalue weighted by Gasteiger charge is 2.34. The highest BCUT2D eigenvalue weighted by atomic mass is 15.3. The van der Waals surface area contributed by atoms with Gasteiger partial charge in [-0.3, -0.25) is 4.98 Å². The molecule has 1 aromatic carbocycles. The Morgan fingerprint density at radius 1 is 0.926 bits per heavy atom.